The molecule has 1 aromatic heterocycles. The van der Waals surface area contributed by atoms with Gasteiger partial charge < -0.3 is 9.84 Å². The molecule has 0 aliphatic carbocycles. The highest BCUT2D eigenvalue weighted by atomic mass is 35.5. The number of benzene rings is 1. The maximum Gasteiger partial charge on any atom is 0.213 e. The van der Waals surface area contributed by atoms with Crippen LogP contribution in [0.4, 0.5) is 4.39 Å². The molecule has 0 radical (unpaired) electrons. The minimum absolute atomic E-state index is 0.0756. The zero-order valence-corrected chi connectivity index (χ0v) is 10.2. The second kappa shape index (κ2) is 5.80. The Morgan fingerprint density at radius 1 is 1.22 bits per heavy atom. The molecule has 2 rings (SSSR count). The molecule has 0 aliphatic heterocycles. The van der Waals surface area contributed by atoms with Crippen molar-refractivity contribution in [2.75, 3.05) is 0 Å². The first-order valence-corrected chi connectivity index (χ1v) is 5.71. The monoisotopic (exact) mass is 267 g/mol. The predicted octanol–water partition coefficient (Wildman–Crippen LogP) is 2.95. The molecule has 0 amide bonds. The fourth-order valence-electron chi connectivity index (χ4n) is 1.42. The summed E-state index contributed by atoms with van der Waals surface area (Å²) in [5, 5.41) is 9.38. The molecule has 94 valence electrons. The molecule has 1 heterocycles. The molecule has 0 spiro atoms. The van der Waals surface area contributed by atoms with Gasteiger partial charge in [-0.15, -0.1) is 0 Å². The van der Waals surface area contributed by atoms with E-state index in [9.17, 15) is 4.39 Å². The Labute approximate surface area is 109 Å². The van der Waals surface area contributed by atoms with Crippen LogP contribution >= 0.6 is 11.6 Å². The predicted molar refractivity (Wildman–Crippen MR) is 65.9 cm³/mol. The summed E-state index contributed by atoms with van der Waals surface area (Å²) in [6.45, 7) is -0.193. The topological polar surface area (TPSA) is 42.4 Å². The first-order valence-electron chi connectivity index (χ1n) is 5.33. The number of aliphatic hydroxyl groups excluding tert-OH is 1. The van der Waals surface area contributed by atoms with Crippen LogP contribution in [0.5, 0.6) is 5.88 Å². The van der Waals surface area contributed by atoms with Crippen molar-refractivity contribution in [2.24, 2.45) is 0 Å². The molecule has 5 heteroatoms. The van der Waals surface area contributed by atoms with E-state index in [1.807, 2.05) is 0 Å². The lowest BCUT2D eigenvalue weighted by Gasteiger charge is -2.08. The number of pyridine rings is 1. The summed E-state index contributed by atoms with van der Waals surface area (Å²) in [5.74, 6) is -0.0273. The zero-order valence-electron chi connectivity index (χ0n) is 9.44. The Hall–Kier alpha value is -1.65. The summed E-state index contributed by atoms with van der Waals surface area (Å²) in [6.07, 6.45) is 0. The zero-order chi connectivity index (χ0) is 13.0. The molecule has 0 saturated heterocycles. The lowest BCUT2D eigenvalue weighted by atomic mass is 10.2. The SMILES string of the molecule is OCc1nc(OCc2ccccc2F)ccc1Cl. The van der Waals surface area contributed by atoms with E-state index in [4.69, 9.17) is 21.4 Å². The number of rotatable bonds is 4. The van der Waals surface area contributed by atoms with Crippen molar-refractivity contribution in [1.82, 2.24) is 4.98 Å². The maximum atomic E-state index is 13.3. The second-order valence-electron chi connectivity index (χ2n) is 3.62. The summed E-state index contributed by atoms with van der Waals surface area (Å²) in [7, 11) is 0. The van der Waals surface area contributed by atoms with E-state index >= 15 is 0 Å². The normalized spacial score (nSPS) is 10.4. The van der Waals surface area contributed by atoms with Gasteiger partial charge in [0.15, 0.2) is 0 Å². The fraction of sp³-hybridized carbons (Fsp3) is 0.154. The van der Waals surface area contributed by atoms with Crippen molar-refractivity contribution in [3.05, 3.63) is 58.5 Å². The average molecular weight is 268 g/mol. The van der Waals surface area contributed by atoms with Gasteiger partial charge in [-0.1, -0.05) is 29.8 Å². The van der Waals surface area contributed by atoms with Crippen LogP contribution in [0.2, 0.25) is 5.02 Å². The van der Waals surface area contributed by atoms with E-state index in [1.165, 1.54) is 6.07 Å². The quantitative estimate of drug-likeness (QED) is 0.926. The summed E-state index contributed by atoms with van der Waals surface area (Å²) in [4.78, 5) is 4.01. The smallest absolute Gasteiger partial charge is 0.213 e. The van der Waals surface area contributed by atoms with Gasteiger partial charge in [0.2, 0.25) is 5.88 Å². The van der Waals surface area contributed by atoms with Gasteiger partial charge in [-0.2, -0.15) is 0 Å². The minimum Gasteiger partial charge on any atom is -0.473 e. The second-order valence-corrected chi connectivity index (χ2v) is 4.02. The highest BCUT2D eigenvalue weighted by Crippen LogP contribution is 2.19. The highest BCUT2D eigenvalue weighted by molar-refractivity contribution is 6.31. The Morgan fingerprint density at radius 2 is 2.00 bits per heavy atom. The molecule has 3 nitrogen and oxygen atoms in total. The van der Waals surface area contributed by atoms with Gasteiger partial charge in [-0.3, -0.25) is 0 Å². The molecule has 0 bridgehead atoms. The van der Waals surface area contributed by atoms with E-state index in [0.717, 1.165) is 0 Å². The van der Waals surface area contributed by atoms with Crippen LogP contribution in [0, 0.1) is 5.82 Å². The average Bonchev–Trinajstić information content (AvgIpc) is 2.39. The van der Waals surface area contributed by atoms with E-state index in [2.05, 4.69) is 4.98 Å². The van der Waals surface area contributed by atoms with E-state index < -0.39 is 0 Å². The molecule has 1 aromatic carbocycles. The van der Waals surface area contributed by atoms with Crippen molar-refractivity contribution >= 4 is 11.6 Å². The Morgan fingerprint density at radius 3 is 2.72 bits per heavy atom. The summed E-state index contributed by atoms with van der Waals surface area (Å²) in [5.41, 5.74) is 0.780. The third-order valence-electron chi connectivity index (χ3n) is 2.38. The number of ether oxygens (including phenoxy) is 1. The molecular weight excluding hydrogens is 257 g/mol. The number of aliphatic hydroxyl groups is 1. The van der Waals surface area contributed by atoms with Gasteiger partial charge in [0, 0.05) is 11.6 Å². The van der Waals surface area contributed by atoms with Crippen molar-refractivity contribution in [2.45, 2.75) is 13.2 Å². The largest absolute Gasteiger partial charge is 0.473 e. The number of aromatic nitrogens is 1. The molecule has 18 heavy (non-hydrogen) atoms. The molecular formula is C13H11ClFNO2. The lowest BCUT2D eigenvalue weighted by Crippen LogP contribution is -2.01. The third-order valence-corrected chi connectivity index (χ3v) is 2.72. The Balaban J connectivity index is 2.09. The van der Waals surface area contributed by atoms with E-state index in [0.29, 0.717) is 22.2 Å². The van der Waals surface area contributed by atoms with Crippen LogP contribution in [-0.4, -0.2) is 10.1 Å². The number of halogens is 2. The molecule has 1 N–H and O–H groups in total. The van der Waals surface area contributed by atoms with Crippen molar-refractivity contribution in [3.63, 3.8) is 0 Å². The van der Waals surface area contributed by atoms with Gasteiger partial charge in [0.05, 0.1) is 17.3 Å². The molecule has 0 fully saturated rings. The Bertz CT molecular complexity index is 548. The number of hydrogen-bond donors (Lipinski definition) is 1. The molecule has 0 unspecified atom stereocenters. The number of hydrogen-bond acceptors (Lipinski definition) is 3. The van der Waals surface area contributed by atoms with Crippen molar-refractivity contribution in [1.29, 1.82) is 0 Å². The first kappa shape index (κ1) is 12.8. The van der Waals surface area contributed by atoms with Gasteiger partial charge >= 0.3 is 0 Å². The van der Waals surface area contributed by atoms with Crippen LogP contribution in [0.25, 0.3) is 0 Å². The third kappa shape index (κ3) is 2.97. The highest BCUT2D eigenvalue weighted by Gasteiger charge is 2.05. The Kier molecular flexibility index (Phi) is 4.12. The summed E-state index contributed by atoms with van der Waals surface area (Å²) in [6, 6.07) is 9.50. The minimum atomic E-state index is -0.325. The molecule has 0 saturated carbocycles. The maximum absolute atomic E-state index is 13.3. The molecule has 2 aromatic rings. The fourth-order valence-corrected chi connectivity index (χ4v) is 1.59. The van der Waals surface area contributed by atoms with Crippen LogP contribution in [-0.2, 0) is 13.2 Å². The van der Waals surface area contributed by atoms with Crippen LogP contribution < -0.4 is 4.74 Å². The van der Waals surface area contributed by atoms with Crippen molar-refractivity contribution < 1.29 is 14.2 Å². The van der Waals surface area contributed by atoms with Gasteiger partial charge in [0.1, 0.15) is 12.4 Å². The van der Waals surface area contributed by atoms with Gasteiger partial charge in [-0.05, 0) is 12.1 Å². The van der Waals surface area contributed by atoms with Crippen LogP contribution in [0.15, 0.2) is 36.4 Å². The number of nitrogens with zero attached hydrogens (tertiary/aromatic N) is 1. The van der Waals surface area contributed by atoms with E-state index in [-0.39, 0.29) is 19.0 Å². The van der Waals surface area contributed by atoms with Gasteiger partial charge in [-0.25, -0.2) is 9.37 Å². The van der Waals surface area contributed by atoms with Gasteiger partial charge in [0.25, 0.3) is 0 Å². The summed E-state index contributed by atoms with van der Waals surface area (Å²) >= 11 is 5.80. The lowest BCUT2D eigenvalue weighted by molar-refractivity contribution is 0.264. The molecule has 0 aliphatic rings. The van der Waals surface area contributed by atoms with E-state index in [1.54, 1.807) is 30.3 Å². The standard InChI is InChI=1S/C13H11ClFNO2/c14-10-5-6-13(16-12(10)7-17)18-8-9-3-1-2-4-11(9)15/h1-6,17H,7-8H2. The van der Waals surface area contributed by atoms with Crippen LogP contribution in [0.3, 0.4) is 0 Å². The molecule has 0 atom stereocenters. The first-order chi connectivity index (χ1) is 8.70. The van der Waals surface area contributed by atoms with Crippen molar-refractivity contribution in [3.8, 4) is 5.88 Å². The van der Waals surface area contributed by atoms with Crippen LogP contribution in [0.1, 0.15) is 11.3 Å². The summed E-state index contributed by atoms with van der Waals surface area (Å²) < 4.78 is 18.7.